The summed E-state index contributed by atoms with van der Waals surface area (Å²) >= 11 is 1.43. The molecule has 0 saturated carbocycles. The summed E-state index contributed by atoms with van der Waals surface area (Å²) in [5, 5.41) is 14.6. The summed E-state index contributed by atoms with van der Waals surface area (Å²) in [6, 6.07) is 4.70. The Balaban J connectivity index is 1.82. The van der Waals surface area contributed by atoms with Gasteiger partial charge in [0.25, 0.3) is 10.9 Å². The smallest absolute Gasteiger partial charge is 0.274 e. The second-order valence-corrected chi connectivity index (χ2v) is 5.47. The lowest BCUT2D eigenvalue weighted by Gasteiger charge is -2.22. The highest BCUT2D eigenvalue weighted by atomic mass is 32.1. The summed E-state index contributed by atoms with van der Waals surface area (Å²) in [7, 11) is 0. The standard InChI is InChI=1S/C12H13N3O3S/c16-15(17)8-3-4-11-10(6-8)14-12(19-11)18-9-2-1-5-13-7-9/h3-4,6,9,13H,1-2,5,7H2. The Morgan fingerprint density at radius 1 is 1.53 bits per heavy atom. The van der Waals surface area contributed by atoms with Crippen molar-refractivity contribution in [1.29, 1.82) is 0 Å². The lowest BCUT2D eigenvalue weighted by atomic mass is 10.1. The SMILES string of the molecule is O=[N+]([O-])c1ccc2sc(OC3CCCNC3)nc2c1. The van der Waals surface area contributed by atoms with Crippen molar-refractivity contribution in [2.24, 2.45) is 0 Å². The molecule has 19 heavy (non-hydrogen) atoms. The number of nitro groups is 1. The van der Waals surface area contributed by atoms with Gasteiger partial charge < -0.3 is 10.1 Å². The van der Waals surface area contributed by atoms with Gasteiger partial charge in [-0.3, -0.25) is 10.1 Å². The van der Waals surface area contributed by atoms with Gasteiger partial charge in [-0.1, -0.05) is 11.3 Å². The van der Waals surface area contributed by atoms with E-state index in [4.69, 9.17) is 4.74 Å². The third-order valence-corrected chi connectivity index (χ3v) is 4.01. The second-order valence-electron chi connectivity index (χ2n) is 4.48. The molecule has 2 aromatic rings. The number of nitrogens with one attached hydrogen (secondary N) is 1. The van der Waals surface area contributed by atoms with E-state index in [1.165, 1.54) is 23.5 Å². The van der Waals surface area contributed by atoms with Crippen LogP contribution < -0.4 is 10.1 Å². The Hall–Kier alpha value is -1.73. The molecule has 1 atom stereocenters. The number of piperidine rings is 1. The van der Waals surface area contributed by atoms with Gasteiger partial charge in [-0.05, 0) is 25.5 Å². The number of thiazole rings is 1. The fourth-order valence-electron chi connectivity index (χ4n) is 2.12. The highest BCUT2D eigenvalue weighted by Gasteiger charge is 2.17. The number of aromatic nitrogens is 1. The number of non-ortho nitro benzene ring substituents is 1. The van der Waals surface area contributed by atoms with Crippen LogP contribution in [0.25, 0.3) is 10.2 Å². The molecule has 0 aliphatic carbocycles. The van der Waals surface area contributed by atoms with Crippen LogP contribution in [-0.4, -0.2) is 29.1 Å². The Morgan fingerprint density at radius 3 is 3.16 bits per heavy atom. The predicted molar refractivity (Wildman–Crippen MR) is 72.8 cm³/mol. The molecule has 1 aliphatic rings. The maximum Gasteiger partial charge on any atom is 0.274 e. The van der Waals surface area contributed by atoms with E-state index >= 15 is 0 Å². The maximum absolute atomic E-state index is 10.7. The van der Waals surface area contributed by atoms with Gasteiger partial charge in [0.05, 0.1) is 15.1 Å². The Morgan fingerprint density at radius 2 is 2.42 bits per heavy atom. The van der Waals surface area contributed by atoms with Crippen molar-refractivity contribution in [3.05, 3.63) is 28.3 Å². The lowest BCUT2D eigenvalue weighted by Crippen LogP contribution is -2.37. The van der Waals surface area contributed by atoms with E-state index < -0.39 is 4.92 Å². The number of ether oxygens (including phenoxy) is 1. The van der Waals surface area contributed by atoms with Crippen LogP contribution in [0.3, 0.4) is 0 Å². The Kier molecular flexibility index (Phi) is 3.31. The quantitative estimate of drug-likeness (QED) is 0.689. The highest BCUT2D eigenvalue weighted by molar-refractivity contribution is 7.20. The van der Waals surface area contributed by atoms with Crippen molar-refractivity contribution in [2.45, 2.75) is 18.9 Å². The third kappa shape index (κ3) is 2.66. The number of hydrogen-bond donors (Lipinski definition) is 1. The minimum Gasteiger partial charge on any atom is -0.465 e. The zero-order valence-electron chi connectivity index (χ0n) is 10.2. The molecule has 0 bridgehead atoms. The first-order valence-corrected chi connectivity index (χ1v) is 6.96. The zero-order chi connectivity index (χ0) is 13.2. The molecule has 1 saturated heterocycles. The van der Waals surface area contributed by atoms with Gasteiger partial charge >= 0.3 is 0 Å². The largest absolute Gasteiger partial charge is 0.465 e. The molecule has 1 unspecified atom stereocenters. The first-order valence-electron chi connectivity index (χ1n) is 6.15. The minimum absolute atomic E-state index is 0.0590. The van der Waals surface area contributed by atoms with Crippen LogP contribution >= 0.6 is 11.3 Å². The van der Waals surface area contributed by atoms with E-state index in [0.29, 0.717) is 10.7 Å². The molecule has 3 rings (SSSR count). The predicted octanol–water partition coefficient (Wildman–Crippen LogP) is 2.34. The molecule has 100 valence electrons. The topological polar surface area (TPSA) is 77.3 Å². The summed E-state index contributed by atoms with van der Waals surface area (Å²) in [4.78, 5) is 14.6. The number of rotatable bonds is 3. The molecule has 0 amide bonds. The highest BCUT2D eigenvalue weighted by Crippen LogP contribution is 2.31. The molecule has 0 spiro atoms. The molecule has 1 aromatic carbocycles. The number of fused-ring (bicyclic) bond motifs is 1. The average molecular weight is 279 g/mol. The third-order valence-electron chi connectivity index (χ3n) is 3.08. The Labute approximate surface area is 113 Å². The summed E-state index contributed by atoms with van der Waals surface area (Å²) in [5.41, 5.74) is 0.682. The average Bonchev–Trinajstić information content (AvgIpc) is 2.80. The summed E-state index contributed by atoms with van der Waals surface area (Å²) in [5.74, 6) is 0. The van der Waals surface area contributed by atoms with Gasteiger partial charge in [-0.15, -0.1) is 0 Å². The monoisotopic (exact) mass is 279 g/mol. The first-order chi connectivity index (χ1) is 9.22. The van der Waals surface area contributed by atoms with Crippen LogP contribution in [-0.2, 0) is 0 Å². The molecule has 0 radical (unpaired) electrons. The van der Waals surface area contributed by atoms with Crippen LogP contribution in [0.15, 0.2) is 18.2 Å². The molecule has 1 fully saturated rings. The molecular weight excluding hydrogens is 266 g/mol. The number of hydrogen-bond acceptors (Lipinski definition) is 6. The molecule has 6 nitrogen and oxygen atoms in total. The zero-order valence-corrected chi connectivity index (χ0v) is 11.0. The fourth-order valence-corrected chi connectivity index (χ4v) is 2.98. The van der Waals surface area contributed by atoms with E-state index in [9.17, 15) is 10.1 Å². The maximum atomic E-state index is 10.7. The molecular formula is C12H13N3O3S. The number of nitro benzene ring substituents is 1. The van der Waals surface area contributed by atoms with Crippen LogP contribution in [0.5, 0.6) is 5.19 Å². The second kappa shape index (κ2) is 5.10. The lowest BCUT2D eigenvalue weighted by molar-refractivity contribution is -0.384. The van der Waals surface area contributed by atoms with Gasteiger partial charge in [0.1, 0.15) is 6.10 Å². The fraction of sp³-hybridized carbons (Fsp3) is 0.417. The first kappa shape index (κ1) is 12.3. The van der Waals surface area contributed by atoms with Crippen molar-refractivity contribution in [2.75, 3.05) is 13.1 Å². The molecule has 1 aromatic heterocycles. The van der Waals surface area contributed by atoms with Gasteiger partial charge in [0.2, 0.25) is 0 Å². The van der Waals surface area contributed by atoms with Crippen LogP contribution in [0, 0.1) is 10.1 Å². The van der Waals surface area contributed by atoms with E-state index in [1.54, 1.807) is 6.07 Å². The van der Waals surface area contributed by atoms with Crippen molar-refractivity contribution >= 4 is 27.2 Å². The molecule has 1 aliphatic heterocycles. The van der Waals surface area contributed by atoms with Crippen molar-refractivity contribution in [3.8, 4) is 5.19 Å². The molecule has 1 N–H and O–H groups in total. The molecule has 7 heteroatoms. The van der Waals surface area contributed by atoms with E-state index in [1.807, 2.05) is 0 Å². The van der Waals surface area contributed by atoms with E-state index in [0.717, 1.165) is 30.6 Å². The van der Waals surface area contributed by atoms with Crippen molar-refractivity contribution in [3.63, 3.8) is 0 Å². The minimum atomic E-state index is -0.412. The Bertz CT molecular complexity index is 607. The van der Waals surface area contributed by atoms with Gasteiger partial charge in [0, 0.05) is 18.7 Å². The van der Waals surface area contributed by atoms with E-state index in [-0.39, 0.29) is 11.8 Å². The summed E-state index contributed by atoms with van der Waals surface area (Å²) in [6.07, 6.45) is 2.26. The molecule has 2 heterocycles. The van der Waals surface area contributed by atoms with Gasteiger partial charge in [-0.2, -0.15) is 0 Å². The van der Waals surface area contributed by atoms with Crippen molar-refractivity contribution < 1.29 is 9.66 Å². The number of benzene rings is 1. The van der Waals surface area contributed by atoms with E-state index in [2.05, 4.69) is 10.3 Å². The number of nitrogens with zero attached hydrogens (tertiary/aromatic N) is 2. The van der Waals surface area contributed by atoms with Crippen LogP contribution in [0.1, 0.15) is 12.8 Å². The van der Waals surface area contributed by atoms with Crippen LogP contribution in [0.2, 0.25) is 0 Å². The summed E-state index contributed by atoms with van der Waals surface area (Å²) in [6.45, 7) is 1.86. The van der Waals surface area contributed by atoms with Gasteiger partial charge in [-0.25, -0.2) is 4.98 Å². The van der Waals surface area contributed by atoms with Crippen LogP contribution in [0.4, 0.5) is 5.69 Å². The van der Waals surface area contributed by atoms with Gasteiger partial charge in [0.15, 0.2) is 0 Å². The normalized spacial score (nSPS) is 19.5. The summed E-state index contributed by atoms with van der Waals surface area (Å²) < 4.78 is 6.72. The van der Waals surface area contributed by atoms with Crippen molar-refractivity contribution in [1.82, 2.24) is 10.3 Å².